The number of hydrogen-bond donors (Lipinski definition) is 4. The molecular formula is C45H51F4N5O9. The van der Waals surface area contributed by atoms with Gasteiger partial charge in [-0.2, -0.15) is 0 Å². The zero-order chi connectivity index (χ0) is 46.4. The van der Waals surface area contributed by atoms with E-state index in [0.29, 0.717) is 40.2 Å². The molecule has 4 amide bonds. The molecule has 1 aromatic heterocycles. The number of alkyl halides is 2. The summed E-state index contributed by atoms with van der Waals surface area (Å²) >= 11 is 0. The van der Waals surface area contributed by atoms with Crippen LogP contribution in [0.25, 0.3) is 22.2 Å². The number of carboxylic acid groups (broad SMARTS) is 1. The van der Waals surface area contributed by atoms with Crippen LogP contribution in [-0.4, -0.2) is 101 Å². The molecule has 0 unspecified atom stereocenters. The molecule has 0 spiro atoms. The number of fused-ring (bicyclic) bond motifs is 1. The molecule has 0 aliphatic carbocycles. The van der Waals surface area contributed by atoms with Crippen molar-refractivity contribution in [2.45, 2.75) is 97.1 Å². The minimum Gasteiger partial charge on any atom is -0.497 e. The Morgan fingerprint density at radius 1 is 0.921 bits per heavy atom. The lowest BCUT2D eigenvalue weighted by Gasteiger charge is -2.36. The number of halogens is 4. The molecule has 18 heteroatoms. The quantitative estimate of drug-likeness (QED) is 0.0941. The number of pyridine rings is 1. The van der Waals surface area contributed by atoms with Gasteiger partial charge < -0.3 is 40.2 Å². The van der Waals surface area contributed by atoms with Gasteiger partial charge in [-0.15, -0.1) is 0 Å². The maximum atomic E-state index is 14.6. The van der Waals surface area contributed by atoms with Crippen molar-refractivity contribution in [1.29, 1.82) is 0 Å². The van der Waals surface area contributed by atoms with E-state index in [2.05, 4.69) is 16.0 Å². The molecule has 0 saturated carbocycles. The van der Waals surface area contributed by atoms with E-state index < -0.39 is 114 Å². The van der Waals surface area contributed by atoms with Gasteiger partial charge >= 0.3 is 12.1 Å². The molecule has 14 nitrogen and oxygen atoms in total. The third-order valence-electron chi connectivity index (χ3n) is 10.1. The van der Waals surface area contributed by atoms with Crippen LogP contribution in [-0.2, 0) is 25.5 Å². The van der Waals surface area contributed by atoms with Crippen molar-refractivity contribution in [3.63, 3.8) is 0 Å². The van der Waals surface area contributed by atoms with E-state index in [1.165, 1.54) is 12.0 Å². The highest BCUT2D eigenvalue weighted by Crippen LogP contribution is 2.35. The maximum absolute atomic E-state index is 14.6. The largest absolute Gasteiger partial charge is 0.497 e. The summed E-state index contributed by atoms with van der Waals surface area (Å²) < 4.78 is 74.5. The van der Waals surface area contributed by atoms with Crippen molar-refractivity contribution in [2.75, 3.05) is 20.2 Å². The Hall–Kier alpha value is -6.46. The topological polar surface area (TPSA) is 185 Å². The molecule has 1 fully saturated rings. The molecule has 3 aromatic carbocycles. The molecule has 0 radical (unpaired) electrons. The molecule has 1 saturated heterocycles. The number of likely N-dealkylation sites (tertiary alicyclic amines) is 1. The monoisotopic (exact) mass is 881 g/mol. The van der Waals surface area contributed by atoms with Crippen molar-refractivity contribution in [2.24, 2.45) is 5.41 Å². The number of hydrogen-bond acceptors (Lipinski definition) is 9. The van der Waals surface area contributed by atoms with Gasteiger partial charge in [0, 0.05) is 48.0 Å². The van der Waals surface area contributed by atoms with Crippen LogP contribution >= 0.6 is 0 Å². The van der Waals surface area contributed by atoms with Gasteiger partial charge in [0.15, 0.2) is 0 Å². The number of carboxylic acids is 1. The van der Waals surface area contributed by atoms with Gasteiger partial charge in [-0.05, 0) is 56.9 Å². The van der Waals surface area contributed by atoms with Gasteiger partial charge in [-0.3, -0.25) is 14.4 Å². The van der Waals surface area contributed by atoms with Crippen LogP contribution < -0.4 is 25.4 Å². The molecule has 4 aromatic rings. The molecule has 338 valence electrons. The Kier molecular flexibility index (Phi) is 14.9. The molecule has 5 rings (SSSR count). The van der Waals surface area contributed by atoms with Crippen LogP contribution in [0.4, 0.5) is 22.4 Å². The molecule has 4 atom stereocenters. The molecule has 2 heterocycles. The van der Waals surface area contributed by atoms with Gasteiger partial charge in [-0.25, -0.2) is 32.1 Å². The minimum absolute atomic E-state index is 0.185. The molecule has 63 heavy (non-hydrogen) atoms. The standard InChI is InChI=1S/C45H51F4N5O9/c1-44(2,3)38(53-43(60)63-45(4,5)6)41(57)54-23-27(62-36-21-32(24-11-9-8-10-12-24)51-33-19-26(61-7)13-14-29(33)36)20-35(54)40(56)52-34(22-37(48)49)39(55)50-16-15-28-30(46)17-25(42(58)59)18-31(28)47/h8-14,17-19,21,27,34-35,37-38H,15-16,20,22-23H2,1-7H3,(H,50,55)(H,52,56)(H,53,60)(H,58,59)/t27-,34+,35+,38-/m1/s1. The van der Waals surface area contributed by atoms with Crippen LogP contribution in [0.2, 0.25) is 0 Å². The first kappa shape index (κ1) is 47.6. The first-order valence-electron chi connectivity index (χ1n) is 20.1. The number of nitrogens with one attached hydrogen (secondary N) is 3. The van der Waals surface area contributed by atoms with Crippen molar-refractivity contribution < 1.29 is 60.9 Å². The molecule has 0 bridgehead atoms. The Bertz CT molecular complexity index is 2310. The third kappa shape index (κ3) is 12.3. The Labute approximate surface area is 361 Å². The Morgan fingerprint density at radius 3 is 2.17 bits per heavy atom. The number of amides is 4. The van der Waals surface area contributed by atoms with E-state index in [9.17, 15) is 41.5 Å². The van der Waals surface area contributed by atoms with Crippen molar-refractivity contribution in [1.82, 2.24) is 25.8 Å². The Morgan fingerprint density at radius 2 is 1.59 bits per heavy atom. The highest BCUT2D eigenvalue weighted by Gasteiger charge is 2.47. The zero-order valence-electron chi connectivity index (χ0n) is 35.9. The SMILES string of the molecule is COc1ccc2c(O[C@@H]3C[C@@H](C(=O)N[C@@H](CC(F)F)C(=O)NCCc4c(F)cc(C(=O)O)cc4F)N(C(=O)[C@@H](NC(=O)OC(C)(C)C)C(C)(C)C)C3)cc(-c3ccccc3)nc2c1. The normalized spacial score (nSPS) is 16.3. The number of carbonyl (C=O) groups is 5. The van der Waals surface area contributed by atoms with Gasteiger partial charge in [0.2, 0.25) is 24.1 Å². The Balaban J connectivity index is 1.45. The summed E-state index contributed by atoms with van der Waals surface area (Å²) in [4.78, 5) is 72.4. The number of rotatable bonds is 15. The second-order valence-corrected chi connectivity index (χ2v) is 17.1. The molecule has 1 aliphatic heterocycles. The number of alkyl carbamates (subject to hydrolysis) is 1. The lowest BCUT2D eigenvalue weighted by atomic mass is 9.85. The van der Waals surface area contributed by atoms with Gasteiger partial charge in [-0.1, -0.05) is 51.1 Å². The van der Waals surface area contributed by atoms with Gasteiger partial charge in [0.25, 0.3) is 0 Å². The van der Waals surface area contributed by atoms with Gasteiger partial charge in [0.05, 0.1) is 30.4 Å². The lowest BCUT2D eigenvalue weighted by Crippen LogP contribution is -2.59. The van der Waals surface area contributed by atoms with Gasteiger partial charge in [0.1, 0.15) is 53.0 Å². The zero-order valence-corrected chi connectivity index (χ0v) is 35.9. The van der Waals surface area contributed by atoms with Crippen molar-refractivity contribution in [3.05, 3.63) is 89.5 Å². The highest BCUT2D eigenvalue weighted by atomic mass is 19.3. The number of aromatic carboxylic acids is 1. The first-order chi connectivity index (χ1) is 29.5. The summed E-state index contributed by atoms with van der Waals surface area (Å²) in [6.45, 7) is 9.31. The predicted molar refractivity (Wildman–Crippen MR) is 223 cm³/mol. The second kappa shape index (κ2) is 19.7. The van der Waals surface area contributed by atoms with Crippen LogP contribution in [0.3, 0.4) is 0 Å². The van der Waals surface area contributed by atoms with E-state index >= 15 is 0 Å². The average molecular weight is 882 g/mol. The fourth-order valence-electron chi connectivity index (χ4n) is 7.03. The van der Waals surface area contributed by atoms with Crippen molar-refractivity contribution >= 4 is 40.7 Å². The molecule has 1 aliphatic rings. The highest BCUT2D eigenvalue weighted by molar-refractivity contribution is 5.95. The number of ether oxygens (including phenoxy) is 3. The average Bonchev–Trinajstić information content (AvgIpc) is 3.63. The van der Waals surface area contributed by atoms with Crippen LogP contribution in [0.1, 0.15) is 70.3 Å². The summed E-state index contributed by atoms with van der Waals surface area (Å²) in [5, 5.41) is 16.9. The van der Waals surface area contributed by atoms with Crippen LogP contribution in [0.15, 0.2) is 66.7 Å². The number of carbonyl (C=O) groups excluding carboxylic acids is 4. The summed E-state index contributed by atoms with van der Waals surface area (Å²) in [7, 11) is 1.51. The van der Waals surface area contributed by atoms with E-state index in [1.54, 1.807) is 65.8 Å². The molecule has 4 N–H and O–H groups in total. The number of methoxy groups -OCH3 is 1. The van der Waals surface area contributed by atoms with Crippen LogP contribution in [0, 0.1) is 17.0 Å². The summed E-state index contributed by atoms with van der Waals surface area (Å²) in [5.41, 5.74) is -1.23. The predicted octanol–water partition coefficient (Wildman–Crippen LogP) is 6.67. The summed E-state index contributed by atoms with van der Waals surface area (Å²) in [6.07, 6.45) is -6.73. The maximum Gasteiger partial charge on any atom is 0.408 e. The second-order valence-electron chi connectivity index (χ2n) is 17.1. The van der Waals surface area contributed by atoms with E-state index in [1.807, 2.05) is 30.3 Å². The lowest BCUT2D eigenvalue weighted by molar-refractivity contribution is -0.143. The first-order valence-corrected chi connectivity index (χ1v) is 20.1. The fraction of sp³-hybridized carbons (Fsp3) is 0.422. The van der Waals surface area contributed by atoms with E-state index in [0.717, 1.165) is 5.56 Å². The van der Waals surface area contributed by atoms with E-state index in [4.69, 9.17) is 24.3 Å². The fourth-order valence-corrected chi connectivity index (χ4v) is 7.03. The minimum atomic E-state index is -3.10. The summed E-state index contributed by atoms with van der Waals surface area (Å²) in [5.74, 6) is -5.88. The summed E-state index contributed by atoms with van der Waals surface area (Å²) in [6, 6.07) is 12.8. The van der Waals surface area contributed by atoms with Crippen molar-refractivity contribution in [3.8, 4) is 22.8 Å². The smallest absolute Gasteiger partial charge is 0.408 e. The number of benzene rings is 3. The molecular weight excluding hydrogens is 831 g/mol. The van der Waals surface area contributed by atoms with Crippen LogP contribution in [0.5, 0.6) is 11.5 Å². The third-order valence-corrected chi connectivity index (χ3v) is 10.1. The van der Waals surface area contributed by atoms with E-state index in [-0.39, 0.29) is 13.0 Å². The number of nitrogens with zero attached hydrogens (tertiary/aromatic N) is 2. The number of aromatic nitrogens is 1.